The molecule has 1 aromatic rings. The lowest BCUT2D eigenvalue weighted by molar-refractivity contribution is -0.149. The number of methoxy groups -OCH3 is 1. The zero-order valence-corrected chi connectivity index (χ0v) is 10.5. The Balaban J connectivity index is 2.06. The third-order valence-corrected chi connectivity index (χ3v) is 3.90. The third-order valence-electron chi connectivity index (χ3n) is 3.21. The van der Waals surface area contributed by atoms with Gasteiger partial charge in [-0.1, -0.05) is 0 Å². The maximum Gasteiger partial charge on any atom is 0.244 e. The van der Waals surface area contributed by atoms with Crippen LogP contribution < -0.4 is 11.3 Å². The fraction of sp³-hybridized carbons (Fsp3) is 0.545. The molecule has 6 heteroatoms. The molecule has 0 aromatic carbocycles. The Labute approximate surface area is 104 Å². The first kappa shape index (κ1) is 12.5. The maximum absolute atomic E-state index is 11.9. The molecule has 1 saturated carbocycles. The van der Waals surface area contributed by atoms with E-state index in [1.807, 2.05) is 16.8 Å². The van der Waals surface area contributed by atoms with Crippen molar-refractivity contribution in [2.45, 2.75) is 24.4 Å². The second kappa shape index (κ2) is 5.14. The van der Waals surface area contributed by atoms with Gasteiger partial charge in [-0.2, -0.15) is 11.3 Å². The zero-order chi connectivity index (χ0) is 12.3. The van der Waals surface area contributed by atoms with Gasteiger partial charge in [0.05, 0.1) is 11.5 Å². The van der Waals surface area contributed by atoms with E-state index in [2.05, 4.69) is 5.43 Å². The molecule has 17 heavy (non-hydrogen) atoms. The largest absolute Gasteiger partial charge is 0.359 e. The van der Waals surface area contributed by atoms with Gasteiger partial charge in [-0.15, -0.1) is 0 Å². The predicted octanol–water partition coefficient (Wildman–Crippen LogP) is 0.759. The number of ether oxygens (including phenoxy) is 2. The SMILES string of the molecule is COCOC1CC(C(=O)NN)(c2ccsc2)C1. The summed E-state index contributed by atoms with van der Waals surface area (Å²) in [4.78, 5) is 11.9. The zero-order valence-electron chi connectivity index (χ0n) is 9.64. The number of hydrogen-bond donors (Lipinski definition) is 2. The van der Waals surface area contributed by atoms with Crippen molar-refractivity contribution in [2.75, 3.05) is 13.9 Å². The molecule has 1 fully saturated rings. The number of nitrogens with one attached hydrogen (secondary N) is 1. The average molecular weight is 256 g/mol. The molecule has 0 saturated heterocycles. The first-order valence-electron chi connectivity index (χ1n) is 5.37. The summed E-state index contributed by atoms with van der Waals surface area (Å²) in [5.74, 6) is 5.11. The topological polar surface area (TPSA) is 73.6 Å². The Kier molecular flexibility index (Phi) is 3.78. The van der Waals surface area contributed by atoms with E-state index in [0.29, 0.717) is 12.8 Å². The van der Waals surface area contributed by atoms with Crippen molar-refractivity contribution >= 4 is 17.2 Å². The van der Waals surface area contributed by atoms with Crippen LogP contribution >= 0.6 is 11.3 Å². The second-order valence-corrected chi connectivity index (χ2v) is 4.95. The van der Waals surface area contributed by atoms with Gasteiger partial charge in [0.15, 0.2) is 0 Å². The van der Waals surface area contributed by atoms with Crippen molar-refractivity contribution in [1.82, 2.24) is 5.43 Å². The summed E-state index contributed by atoms with van der Waals surface area (Å²) >= 11 is 1.58. The summed E-state index contributed by atoms with van der Waals surface area (Å²) in [5.41, 5.74) is 2.75. The summed E-state index contributed by atoms with van der Waals surface area (Å²) in [6.07, 6.45) is 1.36. The lowest BCUT2D eigenvalue weighted by Crippen LogP contribution is -2.57. The minimum absolute atomic E-state index is 0.0622. The van der Waals surface area contributed by atoms with Gasteiger partial charge in [-0.3, -0.25) is 10.2 Å². The van der Waals surface area contributed by atoms with Gasteiger partial charge >= 0.3 is 0 Å². The lowest BCUT2D eigenvalue weighted by Gasteiger charge is -2.45. The smallest absolute Gasteiger partial charge is 0.244 e. The minimum atomic E-state index is -0.521. The molecule has 0 aliphatic heterocycles. The van der Waals surface area contributed by atoms with Crippen LogP contribution in [0.5, 0.6) is 0 Å². The van der Waals surface area contributed by atoms with Crippen molar-refractivity contribution in [3.8, 4) is 0 Å². The van der Waals surface area contributed by atoms with Gasteiger partial charge < -0.3 is 9.47 Å². The number of carbonyl (C=O) groups excluding carboxylic acids is 1. The molecule has 1 aliphatic carbocycles. The average Bonchev–Trinajstić information content (AvgIpc) is 2.81. The van der Waals surface area contributed by atoms with Crippen LogP contribution in [0.25, 0.3) is 0 Å². The normalized spacial score (nSPS) is 27.5. The first-order valence-corrected chi connectivity index (χ1v) is 6.31. The van der Waals surface area contributed by atoms with E-state index in [1.165, 1.54) is 0 Å². The minimum Gasteiger partial charge on any atom is -0.359 e. The van der Waals surface area contributed by atoms with Gasteiger partial charge in [-0.25, -0.2) is 5.84 Å². The molecular weight excluding hydrogens is 240 g/mol. The van der Waals surface area contributed by atoms with Crippen molar-refractivity contribution in [3.63, 3.8) is 0 Å². The molecule has 1 heterocycles. The first-order chi connectivity index (χ1) is 8.23. The molecular formula is C11H16N2O3S. The molecule has 0 radical (unpaired) electrons. The van der Waals surface area contributed by atoms with Crippen LogP contribution in [0.3, 0.4) is 0 Å². The highest BCUT2D eigenvalue weighted by Gasteiger charge is 2.52. The number of hydrogen-bond acceptors (Lipinski definition) is 5. The summed E-state index contributed by atoms with van der Waals surface area (Å²) in [5, 5.41) is 3.95. The van der Waals surface area contributed by atoms with Crippen LogP contribution in [0.2, 0.25) is 0 Å². The Morgan fingerprint density at radius 1 is 1.71 bits per heavy atom. The lowest BCUT2D eigenvalue weighted by atomic mass is 9.62. The van der Waals surface area contributed by atoms with E-state index in [9.17, 15) is 4.79 Å². The van der Waals surface area contributed by atoms with Gasteiger partial charge in [0.2, 0.25) is 5.91 Å². The summed E-state index contributed by atoms with van der Waals surface area (Å²) in [6.45, 7) is 0.259. The maximum atomic E-state index is 11.9. The van der Waals surface area contributed by atoms with Crippen molar-refractivity contribution in [2.24, 2.45) is 5.84 Å². The van der Waals surface area contributed by atoms with Crippen LogP contribution in [-0.2, 0) is 19.7 Å². The van der Waals surface area contributed by atoms with Gasteiger partial charge in [0.25, 0.3) is 0 Å². The Morgan fingerprint density at radius 3 is 3.00 bits per heavy atom. The van der Waals surface area contributed by atoms with E-state index < -0.39 is 5.41 Å². The summed E-state index contributed by atoms with van der Waals surface area (Å²) < 4.78 is 10.3. The van der Waals surface area contributed by atoms with Crippen molar-refractivity contribution in [3.05, 3.63) is 22.4 Å². The molecule has 0 bridgehead atoms. The monoisotopic (exact) mass is 256 g/mol. The van der Waals surface area contributed by atoms with Crippen LogP contribution in [0, 0.1) is 0 Å². The van der Waals surface area contributed by atoms with Crippen LogP contribution in [0.15, 0.2) is 16.8 Å². The number of amides is 1. The number of thiophene rings is 1. The standard InChI is InChI=1S/C11H16N2O3S/c1-15-7-16-9-4-11(5-9,10(14)13-12)8-2-3-17-6-8/h2-3,6,9H,4-5,7,12H2,1H3,(H,13,14). The molecule has 2 rings (SSSR count). The Bertz CT molecular complexity index is 374. The predicted molar refractivity (Wildman–Crippen MR) is 64.3 cm³/mol. The number of carbonyl (C=O) groups is 1. The Hall–Kier alpha value is -0.950. The Morgan fingerprint density at radius 2 is 2.47 bits per heavy atom. The van der Waals surface area contributed by atoms with Gasteiger partial charge in [0.1, 0.15) is 6.79 Å². The van der Waals surface area contributed by atoms with E-state index in [-0.39, 0.29) is 18.8 Å². The van der Waals surface area contributed by atoms with Gasteiger partial charge in [0, 0.05) is 7.11 Å². The quantitative estimate of drug-likeness (QED) is 0.353. The third kappa shape index (κ3) is 2.21. The highest BCUT2D eigenvalue weighted by molar-refractivity contribution is 7.08. The van der Waals surface area contributed by atoms with E-state index in [4.69, 9.17) is 15.3 Å². The second-order valence-electron chi connectivity index (χ2n) is 4.17. The van der Waals surface area contributed by atoms with E-state index in [0.717, 1.165) is 5.56 Å². The molecule has 5 nitrogen and oxygen atoms in total. The number of rotatable bonds is 5. The molecule has 1 amide bonds. The molecule has 3 N–H and O–H groups in total. The van der Waals surface area contributed by atoms with Crippen LogP contribution in [0.1, 0.15) is 18.4 Å². The molecule has 1 aliphatic rings. The number of hydrazine groups is 1. The highest BCUT2D eigenvalue weighted by Crippen LogP contribution is 2.46. The van der Waals surface area contributed by atoms with Crippen LogP contribution in [0.4, 0.5) is 0 Å². The van der Waals surface area contributed by atoms with Gasteiger partial charge in [-0.05, 0) is 35.2 Å². The number of nitrogens with two attached hydrogens (primary N) is 1. The summed E-state index contributed by atoms with van der Waals surface area (Å²) in [6, 6.07) is 1.96. The van der Waals surface area contributed by atoms with Crippen molar-refractivity contribution < 1.29 is 14.3 Å². The fourth-order valence-electron chi connectivity index (χ4n) is 2.23. The molecule has 1 aromatic heterocycles. The summed E-state index contributed by atoms with van der Waals surface area (Å²) in [7, 11) is 1.58. The van der Waals surface area contributed by atoms with Crippen molar-refractivity contribution in [1.29, 1.82) is 0 Å². The van der Waals surface area contributed by atoms with E-state index in [1.54, 1.807) is 18.4 Å². The van der Waals surface area contributed by atoms with E-state index >= 15 is 0 Å². The molecule has 0 atom stereocenters. The molecule has 94 valence electrons. The molecule has 0 unspecified atom stereocenters. The highest BCUT2D eigenvalue weighted by atomic mass is 32.1. The van der Waals surface area contributed by atoms with Crippen LogP contribution in [-0.4, -0.2) is 25.9 Å². The molecule has 0 spiro atoms. The fourth-order valence-corrected chi connectivity index (χ4v) is 2.98.